The Hall–Kier alpha value is -1.72. The number of aliphatic carboxylic acids is 1. The second kappa shape index (κ2) is 10.5. The van der Waals surface area contributed by atoms with Gasteiger partial charge in [-0.05, 0) is 55.6 Å². The highest BCUT2D eigenvalue weighted by atomic mass is 35.5. The van der Waals surface area contributed by atoms with E-state index in [1.807, 2.05) is 24.3 Å². The molecule has 2 aliphatic rings. The maximum atomic E-state index is 10.8. The molecule has 0 aromatic heterocycles. The SMILES string of the molecule is CCc1ccc(Cl)c(/C=C/c2ccc3c(c2)OCC32CCN(CCC(=O)O)CC2)c1Cl.Cl. The van der Waals surface area contributed by atoms with Gasteiger partial charge >= 0.3 is 5.97 Å². The van der Waals surface area contributed by atoms with Gasteiger partial charge in [-0.1, -0.05) is 60.5 Å². The third-order valence-corrected chi connectivity index (χ3v) is 7.34. The second-order valence-electron chi connectivity index (χ2n) is 8.43. The van der Waals surface area contributed by atoms with E-state index in [9.17, 15) is 4.79 Å². The summed E-state index contributed by atoms with van der Waals surface area (Å²) in [6.45, 7) is 5.20. The lowest BCUT2D eigenvalue weighted by Gasteiger charge is -2.38. The van der Waals surface area contributed by atoms with Crippen molar-refractivity contribution in [2.45, 2.75) is 38.0 Å². The highest BCUT2D eigenvalue weighted by Crippen LogP contribution is 2.46. The van der Waals surface area contributed by atoms with Crippen LogP contribution in [0.5, 0.6) is 5.75 Å². The summed E-state index contributed by atoms with van der Waals surface area (Å²) in [4.78, 5) is 13.1. The maximum Gasteiger partial charge on any atom is 0.304 e. The van der Waals surface area contributed by atoms with Crippen LogP contribution in [-0.2, 0) is 16.6 Å². The Morgan fingerprint density at radius 2 is 1.94 bits per heavy atom. The predicted octanol–water partition coefficient (Wildman–Crippen LogP) is 6.35. The molecule has 4 rings (SSSR count). The molecule has 2 aromatic carbocycles. The van der Waals surface area contributed by atoms with E-state index < -0.39 is 5.97 Å². The third-order valence-electron chi connectivity index (χ3n) is 6.57. The molecule has 2 heterocycles. The molecule has 7 heteroatoms. The first-order valence-corrected chi connectivity index (χ1v) is 11.5. The van der Waals surface area contributed by atoms with Crippen molar-refractivity contribution in [3.63, 3.8) is 0 Å². The molecule has 0 aliphatic carbocycles. The molecule has 172 valence electrons. The molecule has 1 fully saturated rings. The van der Waals surface area contributed by atoms with E-state index in [4.69, 9.17) is 33.0 Å². The van der Waals surface area contributed by atoms with E-state index in [-0.39, 0.29) is 24.2 Å². The van der Waals surface area contributed by atoms with E-state index in [0.717, 1.165) is 54.8 Å². The average molecular weight is 497 g/mol. The van der Waals surface area contributed by atoms with Gasteiger partial charge in [0.15, 0.2) is 0 Å². The van der Waals surface area contributed by atoms with Crippen LogP contribution in [0.25, 0.3) is 12.2 Å². The number of ether oxygens (including phenoxy) is 1. The second-order valence-corrected chi connectivity index (χ2v) is 9.22. The molecule has 0 amide bonds. The molecule has 1 saturated heterocycles. The molecule has 1 spiro atoms. The van der Waals surface area contributed by atoms with E-state index in [1.165, 1.54) is 5.56 Å². The van der Waals surface area contributed by atoms with Crippen LogP contribution >= 0.6 is 35.6 Å². The van der Waals surface area contributed by atoms with Crippen LogP contribution in [0.15, 0.2) is 30.3 Å². The summed E-state index contributed by atoms with van der Waals surface area (Å²) in [7, 11) is 0. The van der Waals surface area contributed by atoms with Gasteiger partial charge in [-0.25, -0.2) is 0 Å². The number of halogens is 3. The first kappa shape index (κ1) is 24.9. The van der Waals surface area contributed by atoms with Gasteiger partial charge in [0.1, 0.15) is 5.75 Å². The van der Waals surface area contributed by atoms with Crippen LogP contribution in [-0.4, -0.2) is 42.2 Å². The molecule has 0 radical (unpaired) electrons. The number of carboxylic acid groups (broad SMARTS) is 1. The molecule has 0 bridgehead atoms. The molecular formula is C25H28Cl3NO3. The van der Waals surface area contributed by atoms with Gasteiger partial charge < -0.3 is 14.7 Å². The minimum Gasteiger partial charge on any atom is -0.492 e. The van der Waals surface area contributed by atoms with E-state index >= 15 is 0 Å². The van der Waals surface area contributed by atoms with Gasteiger partial charge in [0, 0.05) is 28.1 Å². The number of carbonyl (C=O) groups is 1. The number of hydrogen-bond acceptors (Lipinski definition) is 3. The average Bonchev–Trinajstić information content (AvgIpc) is 3.11. The fraction of sp³-hybridized carbons (Fsp3) is 0.400. The normalized spacial score (nSPS) is 17.2. The summed E-state index contributed by atoms with van der Waals surface area (Å²) in [6, 6.07) is 10.2. The monoisotopic (exact) mass is 495 g/mol. The van der Waals surface area contributed by atoms with Gasteiger partial charge in [0.25, 0.3) is 0 Å². The molecule has 32 heavy (non-hydrogen) atoms. The van der Waals surface area contributed by atoms with Crippen molar-refractivity contribution in [2.24, 2.45) is 0 Å². The molecule has 2 aromatic rings. The van der Waals surface area contributed by atoms with Crippen molar-refractivity contribution in [3.05, 3.63) is 62.6 Å². The largest absolute Gasteiger partial charge is 0.492 e. The number of carboxylic acids is 1. The van der Waals surface area contributed by atoms with E-state index in [0.29, 0.717) is 23.2 Å². The molecule has 1 N–H and O–H groups in total. The number of aryl methyl sites for hydroxylation is 1. The molecular weight excluding hydrogens is 469 g/mol. The van der Waals surface area contributed by atoms with Crippen molar-refractivity contribution in [1.29, 1.82) is 0 Å². The Bertz CT molecular complexity index is 1010. The zero-order valence-electron chi connectivity index (χ0n) is 18.1. The van der Waals surface area contributed by atoms with Crippen molar-refractivity contribution < 1.29 is 14.6 Å². The zero-order chi connectivity index (χ0) is 22.0. The predicted molar refractivity (Wildman–Crippen MR) is 134 cm³/mol. The first-order chi connectivity index (χ1) is 14.9. The summed E-state index contributed by atoms with van der Waals surface area (Å²) in [5.41, 5.74) is 4.28. The molecule has 4 nitrogen and oxygen atoms in total. The number of rotatable bonds is 6. The van der Waals surface area contributed by atoms with Crippen LogP contribution in [0, 0.1) is 0 Å². The smallest absolute Gasteiger partial charge is 0.304 e. The van der Waals surface area contributed by atoms with Crippen LogP contribution in [0.2, 0.25) is 10.0 Å². The lowest BCUT2D eigenvalue weighted by atomic mass is 9.74. The van der Waals surface area contributed by atoms with Gasteiger partial charge in [-0.2, -0.15) is 0 Å². The third kappa shape index (κ3) is 5.09. The number of piperidine rings is 1. The summed E-state index contributed by atoms with van der Waals surface area (Å²) < 4.78 is 6.10. The van der Waals surface area contributed by atoms with Gasteiger partial charge in [0.2, 0.25) is 0 Å². The Morgan fingerprint density at radius 1 is 1.19 bits per heavy atom. The van der Waals surface area contributed by atoms with Crippen molar-refractivity contribution >= 4 is 53.7 Å². The number of likely N-dealkylation sites (tertiary alicyclic amines) is 1. The standard InChI is InChI=1S/C25H27Cl2NO3.ClH/c1-2-18-5-8-21(26)19(24(18)27)6-3-17-4-7-20-22(15-17)31-16-25(20)10-13-28(14-11-25)12-9-23(29)30;/h3-8,15H,2,9-14,16H2,1H3,(H,29,30);1H/b6-3+;. The summed E-state index contributed by atoms with van der Waals surface area (Å²) in [6.07, 6.45) is 7.03. The highest BCUT2D eigenvalue weighted by Gasteiger charge is 2.42. The van der Waals surface area contributed by atoms with E-state index in [2.05, 4.69) is 30.0 Å². The van der Waals surface area contributed by atoms with Gasteiger partial charge in [0.05, 0.1) is 18.1 Å². The number of nitrogens with zero attached hydrogens (tertiary/aromatic N) is 1. The molecule has 0 unspecified atom stereocenters. The van der Waals surface area contributed by atoms with E-state index in [1.54, 1.807) is 0 Å². The number of hydrogen-bond donors (Lipinski definition) is 1. The maximum absolute atomic E-state index is 10.8. The summed E-state index contributed by atoms with van der Waals surface area (Å²) >= 11 is 12.9. The Balaban J connectivity index is 0.00000289. The topological polar surface area (TPSA) is 49.8 Å². The number of fused-ring (bicyclic) bond motifs is 2. The van der Waals surface area contributed by atoms with Gasteiger partial charge in [-0.15, -0.1) is 12.4 Å². The van der Waals surface area contributed by atoms with Crippen LogP contribution in [0.1, 0.15) is 48.4 Å². The molecule has 0 atom stereocenters. The number of benzene rings is 2. The van der Waals surface area contributed by atoms with Crippen molar-refractivity contribution in [2.75, 3.05) is 26.2 Å². The fourth-order valence-corrected chi connectivity index (χ4v) is 5.22. The highest BCUT2D eigenvalue weighted by molar-refractivity contribution is 6.37. The van der Waals surface area contributed by atoms with Crippen molar-refractivity contribution in [3.8, 4) is 5.75 Å². The quantitative estimate of drug-likeness (QED) is 0.474. The fourth-order valence-electron chi connectivity index (χ4n) is 4.59. The Kier molecular flexibility index (Phi) is 8.16. The first-order valence-electron chi connectivity index (χ1n) is 10.8. The Morgan fingerprint density at radius 3 is 2.62 bits per heavy atom. The minimum absolute atomic E-state index is 0. The van der Waals surface area contributed by atoms with Crippen LogP contribution < -0.4 is 4.74 Å². The molecule has 0 saturated carbocycles. The molecule has 2 aliphatic heterocycles. The van der Waals surface area contributed by atoms with Crippen LogP contribution in [0.3, 0.4) is 0 Å². The summed E-state index contributed by atoms with van der Waals surface area (Å²) in [5, 5.41) is 10.3. The minimum atomic E-state index is -0.737. The van der Waals surface area contributed by atoms with Crippen molar-refractivity contribution in [1.82, 2.24) is 4.90 Å². The summed E-state index contributed by atoms with van der Waals surface area (Å²) in [5.74, 6) is 0.208. The zero-order valence-corrected chi connectivity index (χ0v) is 20.4. The lowest BCUT2D eigenvalue weighted by molar-refractivity contribution is -0.137. The van der Waals surface area contributed by atoms with Crippen LogP contribution in [0.4, 0.5) is 0 Å². The Labute approximate surface area is 205 Å². The lowest BCUT2D eigenvalue weighted by Crippen LogP contribution is -2.44. The van der Waals surface area contributed by atoms with Gasteiger partial charge in [-0.3, -0.25) is 4.79 Å².